The van der Waals surface area contributed by atoms with Crippen LogP contribution in [0.3, 0.4) is 0 Å². The van der Waals surface area contributed by atoms with Crippen molar-refractivity contribution in [3.63, 3.8) is 0 Å². The van der Waals surface area contributed by atoms with E-state index in [0.717, 1.165) is 31.9 Å². The number of hydrogen-bond acceptors (Lipinski definition) is 2. The minimum atomic E-state index is -0.194. The zero-order valence-electron chi connectivity index (χ0n) is 11.7. The van der Waals surface area contributed by atoms with E-state index in [1.807, 2.05) is 31.2 Å². The van der Waals surface area contributed by atoms with Crippen molar-refractivity contribution in [2.45, 2.75) is 12.3 Å². The molecule has 108 valence electrons. The third-order valence-corrected chi connectivity index (χ3v) is 4.19. The topological polar surface area (TPSA) is 27.1 Å². The van der Waals surface area contributed by atoms with Gasteiger partial charge in [0.05, 0.1) is 29.2 Å². The molecule has 0 amide bonds. The summed E-state index contributed by atoms with van der Waals surface area (Å²) in [4.78, 5) is 4.70. The predicted octanol–water partition coefficient (Wildman–Crippen LogP) is 4.94. The van der Waals surface area contributed by atoms with Gasteiger partial charge in [-0.3, -0.25) is 4.57 Å². The van der Waals surface area contributed by atoms with E-state index in [0.29, 0.717) is 0 Å². The number of para-hydroxylation sites is 2. The molecule has 0 aliphatic carbocycles. The summed E-state index contributed by atoms with van der Waals surface area (Å²) in [5.41, 5.74) is 2.92. The van der Waals surface area contributed by atoms with Crippen LogP contribution < -0.4 is 4.74 Å². The molecule has 1 heterocycles. The first-order chi connectivity index (χ1) is 10.1. The van der Waals surface area contributed by atoms with Crippen LogP contribution in [0.5, 0.6) is 5.75 Å². The molecular weight excluding hydrogens is 399 g/mol. The van der Waals surface area contributed by atoms with Gasteiger partial charge in [0.15, 0.2) is 0 Å². The van der Waals surface area contributed by atoms with Gasteiger partial charge in [-0.1, -0.05) is 12.1 Å². The summed E-state index contributed by atoms with van der Waals surface area (Å²) in [7, 11) is 1.67. The second-order valence-electron chi connectivity index (χ2n) is 4.73. The Hall–Kier alpha value is -1.27. The Morgan fingerprint density at radius 1 is 1.24 bits per heavy atom. The first kappa shape index (κ1) is 14.7. The van der Waals surface area contributed by atoms with Crippen LogP contribution in [-0.4, -0.2) is 16.7 Å². The largest absolute Gasteiger partial charge is 0.495 e. The van der Waals surface area contributed by atoms with E-state index < -0.39 is 0 Å². The van der Waals surface area contributed by atoms with Gasteiger partial charge in [-0.05, 0) is 59.8 Å². The zero-order valence-corrected chi connectivity index (χ0v) is 14.6. The van der Waals surface area contributed by atoms with Crippen molar-refractivity contribution in [1.82, 2.24) is 9.55 Å². The van der Waals surface area contributed by atoms with Gasteiger partial charge in [0.1, 0.15) is 11.6 Å². The molecule has 3 aromatic rings. The van der Waals surface area contributed by atoms with Gasteiger partial charge in [0.25, 0.3) is 0 Å². The zero-order chi connectivity index (χ0) is 15.0. The van der Waals surface area contributed by atoms with Gasteiger partial charge in [0.2, 0.25) is 0 Å². The van der Waals surface area contributed by atoms with E-state index in [2.05, 4.69) is 45.4 Å². The quantitative estimate of drug-likeness (QED) is 0.450. The molecule has 3 nitrogen and oxygen atoms in total. The molecule has 21 heavy (non-hydrogen) atoms. The maximum absolute atomic E-state index is 6.34. The SMILES string of the molecule is COc1ccccc1-n1c(C(C)Cl)nc2cc(I)ccc21. The third kappa shape index (κ3) is 2.62. The lowest BCUT2D eigenvalue weighted by Crippen LogP contribution is -2.03. The van der Waals surface area contributed by atoms with Crippen molar-refractivity contribution in [1.29, 1.82) is 0 Å². The number of halogens is 2. The molecule has 1 unspecified atom stereocenters. The van der Waals surface area contributed by atoms with Crippen molar-refractivity contribution in [3.8, 4) is 11.4 Å². The number of ether oxygens (including phenoxy) is 1. The second-order valence-corrected chi connectivity index (χ2v) is 6.63. The summed E-state index contributed by atoms with van der Waals surface area (Å²) in [5, 5.41) is -0.194. The average Bonchev–Trinajstić information content (AvgIpc) is 2.85. The highest BCUT2D eigenvalue weighted by molar-refractivity contribution is 14.1. The van der Waals surface area contributed by atoms with Crippen LogP contribution in [0.25, 0.3) is 16.7 Å². The fourth-order valence-electron chi connectivity index (χ4n) is 2.41. The molecule has 0 fully saturated rings. The first-order valence-corrected chi connectivity index (χ1v) is 8.08. The molecular formula is C16H14ClIN2O. The van der Waals surface area contributed by atoms with Crippen LogP contribution in [0.15, 0.2) is 42.5 Å². The minimum absolute atomic E-state index is 0.194. The fourth-order valence-corrected chi connectivity index (χ4v) is 3.03. The fraction of sp³-hybridized carbons (Fsp3) is 0.188. The van der Waals surface area contributed by atoms with E-state index in [4.69, 9.17) is 21.3 Å². The molecule has 1 aromatic heterocycles. The Labute approximate surface area is 142 Å². The van der Waals surface area contributed by atoms with Crippen LogP contribution >= 0.6 is 34.2 Å². The number of alkyl halides is 1. The van der Waals surface area contributed by atoms with Crippen LogP contribution in [0.1, 0.15) is 18.1 Å². The highest BCUT2D eigenvalue weighted by atomic mass is 127. The molecule has 2 aromatic carbocycles. The Bertz CT molecular complexity index is 798. The number of rotatable bonds is 3. The molecule has 3 rings (SSSR count). The highest BCUT2D eigenvalue weighted by Gasteiger charge is 2.18. The van der Waals surface area contributed by atoms with E-state index in [1.165, 1.54) is 0 Å². The second kappa shape index (κ2) is 5.85. The smallest absolute Gasteiger partial charge is 0.142 e. The van der Waals surface area contributed by atoms with Gasteiger partial charge in [-0.15, -0.1) is 11.6 Å². The Morgan fingerprint density at radius 2 is 2.00 bits per heavy atom. The van der Waals surface area contributed by atoms with Crippen molar-refractivity contribution in [3.05, 3.63) is 51.9 Å². The van der Waals surface area contributed by atoms with Crippen molar-refractivity contribution >= 4 is 45.2 Å². The van der Waals surface area contributed by atoms with E-state index in [9.17, 15) is 0 Å². The highest BCUT2D eigenvalue weighted by Crippen LogP contribution is 2.32. The Kier molecular flexibility index (Phi) is 4.08. The van der Waals surface area contributed by atoms with E-state index in [-0.39, 0.29) is 5.38 Å². The van der Waals surface area contributed by atoms with E-state index in [1.54, 1.807) is 7.11 Å². The number of aromatic nitrogens is 2. The minimum Gasteiger partial charge on any atom is -0.495 e. The summed E-state index contributed by atoms with van der Waals surface area (Å²) in [6.45, 7) is 1.93. The van der Waals surface area contributed by atoms with Gasteiger partial charge in [-0.2, -0.15) is 0 Å². The van der Waals surface area contributed by atoms with Crippen LogP contribution in [0.2, 0.25) is 0 Å². The number of methoxy groups -OCH3 is 1. The maximum atomic E-state index is 6.34. The van der Waals surface area contributed by atoms with Gasteiger partial charge in [-0.25, -0.2) is 4.98 Å². The molecule has 0 bridgehead atoms. The molecule has 0 saturated heterocycles. The molecule has 0 spiro atoms. The molecule has 0 saturated carbocycles. The van der Waals surface area contributed by atoms with Crippen molar-refractivity contribution in [2.24, 2.45) is 0 Å². The molecule has 0 N–H and O–H groups in total. The monoisotopic (exact) mass is 412 g/mol. The lowest BCUT2D eigenvalue weighted by molar-refractivity contribution is 0.413. The Morgan fingerprint density at radius 3 is 2.71 bits per heavy atom. The molecule has 1 atom stereocenters. The normalized spacial score (nSPS) is 12.6. The summed E-state index contributed by atoms with van der Waals surface area (Å²) >= 11 is 8.63. The number of imidazole rings is 1. The molecule has 5 heteroatoms. The lowest BCUT2D eigenvalue weighted by Gasteiger charge is -2.14. The molecule has 0 aliphatic rings. The van der Waals surface area contributed by atoms with Gasteiger partial charge < -0.3 is 4.74 Å². The molecule has 0 radical (unpaired) electrons. The summed E-state index contributed by atoms with van der Waals surface area (Å²) in [6, 6.07) is 14.1. The standard InChI is InChI=1S/C16H14ClIN2O/c1-10(17)16-19-12-9-11(18)7-8-13(12)20(16)14-5-3-4-6-15(14)21-2/h3-10H,1-2H3. The van der Waals surface area contributed by atoms with Crippen LogP contribution in [-0.2, 0) is 0 Å². The predicted molar refractivity (Wildman–Crippen MR) is 94.6 cm³/mol. The summed E-state index contributed by atoms with van der Waals surface area (Å²) < 4.78 is 8.71. The van der Waals surface area contributed by atoms with Gasteiger partial charge >= 0.3 is 0 Å². The van der Waals surface area contributed by atoms with Crippen molar-refractivity contribution in [2.75, 3.05) is 7.11 Å². The number of nitrogens with zero attached hydrogens (tertiary/aromatic N) is 2. The van der Waals surface area contributed by atoms with Gasteiger partial charge in [0, 0.05) is 3.57 Å². The third-order valence-electron chi connectivity index (χ3n) is 3.32. The first-order valence-electron chi connectivity index (χ1n) is 6.57. The lowest BCUT2D eigenvalue weighted by atomic mass is 10.2. The molecule has 0 aliphatic heterocycles. The maximum Gasteiger partial charge on any atom is 0.142 e. The van der Waals surface area contributed by atoms with E-state index >= 15 is 0 Å². The average molecular weight is 413 g/mol. The Balaban J connectivity index is 2.37. The van der Waals surface area contributed by atoms with Crippen LogP contribution in [0, 0.1) is 3.57 Å². The number of hydrogen-bond donors (Lipinski definition) is 0. The number of benzene rings is 2. The summed E-state index contributed by atoms with van der Waals surface area (Å²) in [6.07, 6.45) is 0. The van der Waals surface area contributed by atoms with Crippen LogP contribution in [0.4, 0.5) is 0 Å². The van der Waals surface area contributed by atoms with Crippen molar-refractivity contribution < 1.29 is 4.74 Å². The summed E-state index contributed by atoms with van der Waals surface area (Å²) in [5.74, 6) is 1.62. The number of fused-ring (bicyclic) bond motifs is 1.